The molecule has 3 heteroatoms. The van der Waals surface area contributed by atoms with Crippen molar-refractivity contribution in [2.45, 2.75) is 0 Å². The SMILES string of the molecule is O=CCO.[LiH]. The van der Waals surface area contributed by atoms with E-state index in [-0.39, 0.29) is 25.5 Å². The predicted molar refractivity (Wildman–Crippen MR) is 20.3 cm³/mol. The van der Waals surface area contributed by atoms with Crippen LogP contribution < -0.4 is 0 Å². The van der Waals surface area contributed by atoms with Crippen LogP contribution in [0.1, 0.15) is 0 Å². The minimum absolute atomic E-state index is 0. The van der Waals surface area contributed by atoms with E-state index in [1.165, 1.54) is 0 Å². The molecule has 2 nitrogen and oxygen atoms in total. The zero-order valence-electron chi connectivity index (χ0n) is 2.14. The molecule has 0 aromatic rings. The third kappa shape index (κ3) is 13.9. The van der Waals surface area contributed by atoms with Crippen LogP contribution in [-0.2, 0) is 4.79 Å². The summed E-state index contributed by atoms with van der Waals surface area (Å²) in [6.07, 6.45) is 0.431. The van der Waals surface area contributed by atoms with Gasteiger partial charge in [-0.3, -0.25) is 0 Å². The third-order valence-corrected chi connectivity index (χ3v) is 0.0745. The summed E-state index contributed by atoms with van der Waals surface area (Å²) in [5.41, 5.74) is 0. The molecule has 0 radical (unpaired) electrons. The average Bonchev–Trinajstić information content (AvgIpc) is 1.37. The van der Waals surface area contributed by atoms with Crippen LogP contribution in [0.25, 0.3) is 0 Å². The van der Waals surface area contributed by atoms with Gasteiger partial charge in [-0.1, -0.05) is 0 Å². The zero-order valence-corrected chi connectivity index (χ0v) is 2.14. The van der Waals surface area contributed by atoms with Crippen LogP contribution in [0.3, 0.4) is 0 Å². The van der Waals surface area contributed by atoms with Gasteiger partial charge in [-0.25, -0.2) is 0 Å². The Bertz CT molecular complexity index is 21.6. The van der Waals surface area contributed by atoms with E-state index in [2.05, 4.69) is 0 Å². The molecule has 0 saturated heterocycles. The number of rotatable bonds is 1. The van der Waals surface area contributed by atoms with Crippen LogP contribution >= 0.6 is 0 Å². The van der Waals surface area contributed by atoms with Gasteiger partial charge in [0.05, 0.1) is 6.61 Å². The van der Waals surface area contributed by atoms with Crippen LogP contribution in [0.4, 0.5) is 0 Å². The van der Waals surface area contributed by atoms with Gasteiger partial charge in [0.2, 0.25) is 0 Å². The first-order chi connectivity index (χ1) is 1.91. The molecule has 0 aliphatic rings. The van der Waals surface area contributed by atoms with Crippen LogP contribution in [0.2, 0.25) is 0 Å². The Morgan fingerprint density at radius 1 is 1.80 bits per heavy atom. The number of carbonyl (C=O) groups is 1. The molecule has 0 aliphatic heterocycles. The standard InChI is InChI=1S/C2H4O2.Li.H/c3-1-2-4;;/h1,4H,2H2;;. The maximum atomic E-state index is 8.92. The first kappa shape index (κ1) is 8.97. The van der Waals surface area contributed by atoms with Crippen LogP contribution in [0.5, 0.6) is 0 Å². The molecule has 0 heterocycles. The molecule has 0 amide bonds. The van der Waals surface area contributed by atoms with Gasteiger partial charge in [0.25, 0.3) is 0 Å². The van der Waals surface area contributed by atoms with Crippen molar-refractivity contribution in [3.63, 3.8) is 0 Å². The molecular weight excluding hydrogens is 63.0 g/mol. The number of carbonyl (C=O) groups excluding carboxylic acids is 1. The summed E-state index contributed by atoms with van der Waals surface area (Å²) in [5.74, 6) is 0. The number of hydrogen-bond donors (Lipinski definition) is 1. The molecule has 0 bridgehead atoms. The van der Waals surface area contributed by atoms with Crippen molar-refractivity contribution in [1.82, 2.24) is 0 Å². The van der Waals surface area contributed by atoms with Crippen molar-refractivity contribution >= 4 is 25.1 Å². The molecule has 0 spiro atoms. The first-order valence-electron chi connectivity index (χ1n) is 0.960. The van der Waals surface area contributed by atoms with Crippen molar-refractivity contribution in [3.8, 4) is 0 Å². The van der Waals surface area contributed by atoms with Gasteiger partial charge in [0.15, 0.2) is 0 Å². The number of aliphatic hydroxyl groups excluding tert-OH is 1. The summed E-state index contributed by atoms with van der Waals surface area (Å²) < 4.78 is 0. The molecule has 1 N–H and O–H groups in total. The van der Waals surface area contributed by atoms with Crippen molar-refractivity contribution < 1.29 is 9.90 Å². The van der Waals surface area contributed by atoms with Crippen LogP contribution in [0, 0.1) is 0 Å². The summed E-state index contributed by atoms with van der Waals surface area (Å²) in [7, 11) is 0. The summed E-state index contributed by atoms with van der Waals surface area (Å²) >= 11 is 0. The van der Waals surface area contributed by atoms with E-state index in [0.29, 0.717) is 6.29 Å². The molecule has 0 aliphatic carbocycles. The molecule has 0 rings (SSSR count). The predicted octanol–water partition coefficient (Wildman–Crippen LogP) is -1.47. The van der Waals surface area contributed by atoms with E-state index >= 15 is 0 Å². The second kappa shape index (κ2) is 8.88. The van der Waals surface area contributed by atoms with Gasteiger partial charge in [-0.05, 0) is 0 Å². The second-order valence-electron chi connectivity index (χ2n) is 0.349. The van der Waals surface area contributed by atoms with E-state index in [4.69, 9.17) is 9.90 Å². The third-order valence-electron chi connectivity index (χ3n) is 0.0745. The molecular formula is C2H5LiO2. The fourth-order valence-corrected chi connectivity index (χ4v) is 0. The molecule has 0 fully saturated rings. The number of aldehydes is 1. The summed E-state index contributed by atoms with van der Waals surface area (Å²) in [6, 6.07) is 0. The Hall–Kier alpha value is 0.227. The molecule has 26 valence electrons. The van der Waals surface area contributed by atoms with E-state index in [0.717, 1.165) is 0 Å². The number of hydrogen-bond acceptors (Lipinski definition) is 2. The van der Waals surface area contributed by atoms with E-state index in [1.807, 2.05) is 0 Å². The van der Waals surface area contributed by atoms with Crippen LogP contribution in [0.15, 0.2) is 0 Å². The van der Waals surface area contributed by atoms with Crippen molar-refractivity contribution in [2.24, 2.45) is 0 Å². The summed E-state index contributed by atoms with van der Waals surface area (Å²) in [4.78, 5) is 8.92. The molecule has 0 aromatic heterocycles. The molecule has 0 aromatic carbocycles. The maximum absolute atomic E-state index is 8.92. The Labute approximate surface area is 42.4 Å². The Morgan fingerprint density at radius 3 is 2.00 bits per heavy atom. The number of aliphatic hydroxyl groups is 1. The van der Waals surface area contributed by atoms with E-state index in [1.54, 1.807) is 0 Å². The Kier molecular flexibility index (Phi) is 15.9. The molecule has 0 unspecified atom stereocenters. The first-order valence-corrected chi connectivity index (χ1v) is 0.960. The quantitative estimate of drug-likeness (QED) is 0.301. The topological polar surface area (TPSA) is 37.3 Å². The van der Waals surface area contributed by atoms with Gasteiger partial charge in [-0.2, -0.15) is 0 Å². The van der Waals surface area contributed by atoms with E-state index in [9.17, 15) is 0 Å². The summed E-state index contributed by atoms with van der Waals surface area (Å²) in [6.45, 7) is -0.361. The Morgan fingerprint density at radius 2 is 2.00 bits per heavy atom. The van der Waals surface area contributed by atoms with E-state index < -0.39 is 0 Å². The van der Waals surface area contributed by atoms with Gasteiger partial charge < -0.3 is 9.90 Å². The Balaban J connectivity index is 0. The van der Waals surface area contributed by atoms with Gasteiger partial charge in [-0.15, -0.1) is 0 Å². The molecule has 5 heavy (non-hydrogen) atoms. The summed E-state index contributed by atoms with van der Waals surface area (Å²) in [5, 5.41) is 7.51. The fraction of sp³-hybridized carbons (Fsp3) is 0.500. The van der Waals surface area contributed by atoms with Gasteiger partial charge in [0, 0.05) is 0 Å². The van der Waals surface area contributed by atoms with Crippen LogP contribution in [-0.4, -0.2) is 36.9 Å². The second-order valence-corrected chi connectivity index (χ2v) is 0.349. The zero-order chi connectivity index (χ0) is 3.41. The van der Waals surface area contributed by atoms with Crippen molar-refractivity contribution in [1.29, 1.82) is 0 Å². The van der Waals surface area contributed by atoms with Crippen molar-refractivity contribution in [2.75, 3.05) is 6.61 Å². The van der Waals surface area contributed by atoms with Gasteiger partial charge >= 0.3 is 18.9 Å². The normalized spacial score (nSPS) is 5.00. The minimum atomic E-state index is -0.361. The monoisotopic (exact) mass is 68.0 g/mol. The molecule has 0 atom stereocenters. The van der Waals surface area contributed by atoms with Gasteiger partial charge in [0.1, 0.15) is 6.29 Å². The molecule has 0 saturated carbocycles. The average molecular weight is 68.0 g/mol. The fourth-order valence-electron chi connectivity index (χ4n) is 0. The van der Waals surface area contributed by atoms with Crippen molar-refractivity contribution in [3.05, 3.63) is 0 Å².